The SMILES string of the molecule is CCCNC(=O)C(C)C(=O)OCc1ccccc1. The van der Waals surface area contributed by atoms with E-state index in [0.717, 1.165) is 12.0 Å². The van der Waals surface area contributed by atoms with Gasteiger partial charge in [-0.2, -0.15) is 0 Å². The summed E-state index contributed by atoms with van der Waals surface area (Å²) in [6, 6.07) is 9.39. The minimum Gasteiger partial charge on any atom is -0.460 e. The highest BCUT2D eigenvalue weighted by atomic mass is 16.5. The van der Waals surface area contributed by atoms with E-state index in [4.69, 9.17) is 4.74 Å². The van der Waals surface area contributed by atoms with E-state index in [1.54, 1.807) is 6.92 Å². The van der Waals surface area contributed by atoms with Crippen LogP contribution in [0.25, 0.3) is 0 Å². The highest BCUT2D eigenvalue weighted by Crippen LogP contribution is 2.05. The first-order valence-corrected chi connectivity index (χ1v) is 6.13. The summed E-state index contributed by atoms with van der Waals surface area (Å²) in [6.07, 6.45) is 0.845. The van der Waals surface area contributed by atoms with Gasteiger partial charge in [-0.15, -0.1) is 0 Å². The minimum atomic E-state index is -0.764. The van der Waals surface area contributed by atoms with Crippen LogP contribution in [0.15, 0.2) is 30.3 Å². The van der Waals surface area contributed by atoms with Gasteiger partial charge in [0.1, 0.15) is 12.5 Å². The number of carbonyl (C=O) groups excluding carboxylic acids is 2. The number of carbonyl (C=O) groups is 2. The van der Waals surface area contributed by atoms with Crippen molar-refractivity contribution in [1.82, 2.24) is 5.32 Å². The van der Waals surface area contributed by atoms with Crippen LogP contribution in [0.4, 0.5) is 0 Å². The molecule has 1 unspecified atom stereocenters. The summed E-state index contributed by atoms with van der Waals surface area (Å²) >= 11 is 0. The van der Waals surface area contributed by atoms with Gasteiger partial charge in [0.2, 0.25) is 5.91 Å². The minimum absolute atomic E-state index is 0.199. The summed E-state index contributed by atoms with van der Waals surface area (Å²) < 4.78 is 5.09. The van der Waals surface area contributed by atoms with E-state index in [2.05, 4.69) is 5.32 Å². The highest BCUT2D eigenvalue weighted by molar-refractivity contribution is 5.97. The lowest BCUT2D eigenvalue weighted by molar-refractivity contribution is -0.153. The predicted molar refractivity (Wildman–Crippen MR) is 68.7 cm³/mol. The van der Waals surface area contributed by atoms with Crippen molar-refractivity contribution in [2.45, 2.75) is 26.9 Å². The molecule has 1 N–H and O–H groups in total. The van der Waals surface area contributed by atoms with Crippen molar-refractivity contribution < 1.29 is 14.3 Å². The van der Waals surface area contributed by atoms with E-state index in [1.165, 1.54) is 0 Å². The summed E-state index contributed by atoms with van der Waals surface area (Å²) in [6.45, 7) is 4.29. The van der Waals surface area contributed by atoms with Gasteiger partial charge in [-0.3, -0.25) is 9.59 Å². The Morgan fingerprint density at radius 2 is 1.94 bits per heavy atom. The maximum Gasteiger partial charge on any atom is 0.318 e. The Hall–Kier alpha value is -1.84. The Morgan fingerprint density at radius 1 is 1.28 bits per heavy atom. The first kappa shape index (κ1) is 14.2. The van der Waals surface area contributed by atoms with E-state index in [9.17, 15) is 9.59 Å². The van der Waals surface area contributed by atoms with Gasteiger partial charge in [-0.05, 0) is 18.9 Å². The van der Waals surface area contributed by atoms with E-state index in [1.807, 2.05) is 37.3 Å². The summed E-state index contributed by atoms with van der Waals surface area (Å²) in [5.41, 5.74) is 0.909. The molecule has 1 aromatic carbocycles. The molecular formula is C14H19NO3. The second-order valence-corrected chi connectivity index (χ2v) is 4.11. The van der Waals surface area contributed by atoms with Gasteiger partial charge in [0, 0.05) is 6.54 Å². The third kappa shape index (κ3) is 4.57. The molecule has 0 radical (unpaired) electrons. The molecule has 0 aliphatic carbocycles. The van der Waals surface area contributed by atoms with Crippen molar-refractivity contribution in [2.24, 2.45) is 5.92 Å². The largest absolute Gasteiger partial charge is 0.460 e. The zero-order valence-corrected chi connectivity index (χ0v) is 10.8. The zero-order chi connectivity index (χ0) is 13.4. The van der Waals surface area contributed by atoms with Crippen molar-refractivity contribution in [2.75, 3.05) is 6.54 Å². The van der Waals surface area contributed by atoms with E-state index < -0.39 is 11.9 Å². The quantitative estimate of drug-likeness (QED) is 0.618. The van der Waals surface area contributed by atoms with Crippen molar-refractivity contribution in [3.8, 4) is 0 Å². The second kappa shape index (κ2) is 7.48. The average Bonchev–Trinajstić information content (AvgIpc) is 2.42. The normalized spacial score (nSPS) is 11.7. The van der Waals surface area contributed by atoms with Crippen LogP contribution in [0.3, 0.4) is 0 Å². The number of amides is 1. The Bertz CT molecular complexity index is 389. The second-order valence-electron chi connectivity index (χ2n) is 4.11. The molecule has 98 valence electrons. The molecule has 4 nitrogen and oxygen atoms in total. The van der Waals surface area contributed by atoms with Crippen molar-refractivity contribution >= 4 is 11.9 Å². The molecular weight excluding hydrogens is 230 g/mol. The van der Waals surface area contributed by atoms with Crippen LogP contribution in [0, 0.1) is 5.92 Å². The third-order valence-corrected chi connectivity index (χ3v) is 2.52. The summed E-state index contributed by atoms with van der Waals surface area (Å²) in [7, 11) is 0. The van der Waals surface area contributed by atoms with Crippen LogP contribution in [0.2, 0.25) is 0 Å². The monoisotopic (exact) mass is 249 g/mol. The van der Waals surface area contributed by atoms with Gasteiger partial charge in [-0.25, -0.2) is 0 Å². The summed E-state index contributed by atoms with van der Waals surface area (Å²) in [4.78, 5) is 23.2. The lowest BCUT2D eigenvalue weighted by Crippen LogP contribution is -2.34. The first-order chi connectivity index (χ1) is 8.65. The molecule has 0 aliphatic heterocycles. The van der Waals surface area contributed by atoms with Gasteiger partial charge in [0.05, 0.1) is 0 Å². The Balaban J connectivity index is 2.38. The van der Waals surface area contributed by atoms with Crippen LogP contribution in [-0.2, 0) is 20.9 Å². The fraction of sp³-hybridized carbons (Fsp3) is 0.429. The molecule has 1 rings (SSSR count). The molecule has 0 fully saturated rings. The third-order valence-electron chi connectivity index (χ3n) is 2.52. The molecule has 1 atom stereocenters. The number of benzene rings is 1. The summed E-state index contributed by atoms with van der Waals surface area (Å²) in [5, 5.41) is 2.67. The Kier molecular flexibility index (Phi) is 5.91. The fourth-order valence-electron chi connectivity index (χ4n) is 1.36. The molecule has 0 saturated heterocycles. The van der Waals surface area contributed by atoms with E-state index in [0.29, 0.717) is 6.54 Å². The number of ether oxygens (including phenoxy) is 1. The number of hydrogen-bond acceptors (Lipinski definition) is 3. The van der Waals surface area contributed by atoms with Crippen molar-refractivity contribution in [3.05, 3.63) is 35.9 Å². The van der Waals surface area contributed by atoms with Gasteiger partial charge >= 0.3 is 5.97 Å². The average molecular weight is 249 g/mol. The maximum atomic E-state index is 11.6. The maximum absolute atomic E-state index is 11.6. The smallest absolute Gasteiger partial charge is 0.318 e. The molecule has 1 amide bonds. The zero-order valence-electron chi connectivity index (χ0n) is 10.8. The molecule has 0 spiro atoms. The Morgan fingerprint density at radius 3 is 2.56 bits per heavy atom. The summed E-state index contributed by atoms with van der Waals surface area (Å²) in [5.74, 6) is -1.54. The van der Waals surface area contributed by atoms with Crippen LogP contribution in [0.1, 0.15) is 25.8 Å². The fourth-order valence-corrected chi connectivity index (χ4v) is 1.36. The van der Waals surface area contributed by atoms with Gasteiger partial charge in [-0.1, -0.05) is 37.3 Å². The van der Waals surface area contributed by atoms with E-state index >= 15 is 0 Å². The lowest BCUT2D eigenvalue weighted by Gasteiger charge is -2.11. The van der Waals surface area contributed by atoms with Crippen LogP contribution >= 0.6 is 0 Å². The van der Waals surface area contributed by atoms with Crippen LogP contribution in [-0.4, -0.2) is 18.4 Å². The van der Waals surface area contributed by atoms with Crippen molar-refractivity contribution in [1.29, 1.82) is 0 Å². The van der Waals surface area contributed by atoms with Crippen molar-refractivity contribution in [3.63, 3.8) is 0 Å². The van der Waals surface area contributed by atoms with Gasteiger partial charge < -0.3 is 10.1 Å². The van der Waals surface area contributed by atoms with Gasteiger partial charge in [0.15, 0.2) is 0 Å². The predicted octanol–water partition coefficient (Wildman–Crippen LogP) is 1.89. The first-order valence-electron chi connectivity index (χ1n) is 6.13. The molecule has 18 heavy (non-hydrogen) atoms. The van der Waals surface area contributed by atoms with Crippen LogP contribution < -0.4 is 5.32 Å². The van der Waals surface area contributed by atoms with Gasteiger partial charge in [0.25, 0.3) is 0 Å². The number of hydrogen-bond donors (Lipinski definition) is 1. The highest BCUT2D eigenvalue weighted by Gasteiger charge is 2.22. The molecule has 0 heterocycles. The standard InChI is InChI=1S/C14H19NO3/c1-3-9-15-13(16)11(2)14(17)18-10-12-7-5-4-6-8-12/h4-8,11H,3,9-10H2,1-2H3,(H,15,16). The Labute approximate surface area is 107 Å². The molecule has 0 aromatic heterocycles. The number of rotatable bonds is 6. The molecule has 1 aromatic rings. The molecule has 0 saturated carbocycles. The molecule has 0 aliphatic rings. The number of esters is 1. The van der Waals surface area contributed by atoms with E-state index in [-0.39, 0.29) is 12.5 Å². The molecule has 4 heteroatoms. The van der Waals surface area contributed by atoms with Crippen LogP contribution in [0.5, 0.6) is 0 Å². The lowest BCUT2D eigenvalue weighted by atomic mass is 10.1. The topological polar surface area (TPSA) is 55.4 Å². The number of nitrogens with one attached hydrogen (secondary N) is 1. The molecule has 0 bridgehead atoms.